The monoisotopic (exact) mass is 385 g/mol. The molecule has 2 fully saturated rings. The van der Waals surface area contributed by atoms with Gasteiger partial charge in [-0.2, -0.15) is 0 Å². The summed E-state index contributed by atoms with van der Waals surface area (Å²) in [4.78, 5) is 29.2. The maximum atomic E-state index is 12.8. The Kier molecular flexibility index (Phi) is 5.59. The summed E-state index contributed by atoms with van der Waals surface area (Å²) >= 11 is 0. The highest BCUT2D eigenvalue weighted by Gasteiger charge is 2.51. The van der Waals surface area contributed by atoms with E-state index in [1.165, 1.54) is 5.56 Å². The molecule has 1 saturated heterocycles. The number of nitrogens with zero attached hydrogens (tertiary/aromatic N) is 2. The summed E-state index contributed by atoms with van der Waals surface area (Å²) < 4.78 is 0. The van der Waals surface area contributed by atoms with Crippen LogP contribution >= 0.6 is 0 Å². The van der Waals surface area contributed by atoms with E-state index in [0.717, 1.165) is 32.2 Å². The van der Waals surface area contributed by atoms with Gasteiger partial charge in [-0.1, -0.05) is 30.3 Å². The highest BCUT2D eigenvalue weighted by Crippen LogP contribution is 2.52. The molecular formula is C23H35N3O2. The lowest BCUT2D eigenvalue weighted by molar-refractivity contribution is -0.134. The maximum absolute atomic E-state index is 12.8. The van der Waals surface area contributed by atoms with Crippen molar-refractivity contribution in [3.8, 4) is 0 Å². The number of rotatable bonds is 5. The molecule has 2 aliphatic rings. The van der Waals surface area contributed by atoms with Crippen molar-refractivity contribution in [1.82, 2.24) is 15.1 Å². The molecule has 0 radical (unpaired) electrons. The standard InChI is InChI=1S/C23H35N3O2/c1-21(2,20(28)24-3)16-26-17-22(15-19(26)27)11-13-23(14-12-22,25(4)5)18-9-7-6-8-10-18/h6-10H,11-17H2,1-5H3,(H,24,28). The van der Waals surface area contributed by atoms with Crippen LogP contribution in [0.1, 0.15) is 51.5 Å². The average Bonchev–Trinajstić information content (AvgIpc) is 2.96. The first-order chi connectivity index (χ1) is 13.1. The summed E-state index contributed by atoms with van der Waals surface area (Å²) in [5, 5.41) is 2.72. The van der Waals surface area contributed by atoms with Gasteiger partial charge in [0.1, 0.15) is 0 Å². The molecule has 1 spiro atoms. The molecule has 1 aromatic carbocycles. The fraction of sp³-hybridized carbons (Fsp3) is 0.652. The van der Waals surface area contributed by atoms with Gasteiger partial charge in [0, 0.05) is 32.1 Å². The number of carbonyl (C=O) groups excluding carboxylic acids is 2. The minimum absolute atomic E-state index is 0.0133. The molecule has 3 rings (SSSR count). The summed E-state index contributed by atoms with van der Waals surface area (Å²) in [6.07, 6.45) is 4.83. The normalized spacial score (nSPS) is 28.2. The molecule has 0 unspecified atom stereocenters. The topological polar surface area (TPSA) is 52.7 Å². The third kappa shape index (κ3) is 3.69. The predicted octanol–water partition coefficient (Wildman–Crippen LogP) is 3.01. The van der Waals surface area contributed by atoms with Crippen LogP contribution < -0.4 is 5.32 Å². The summed E-state index contributed by atoms with van der Waals surface area (Å²) in [5.41, 5.74) is 0.910. The third-order valence-corrected chi connectivity index (χ3v) is 7.14. The van der Waals surface area contributed by atoms with Crippen LogP contribution in [0.3, 0.4) is 0 Å². The molecule has 0 bridgehead atoms. The molecule has 1 aliphatic heterocycles. The smallest absolute Gasteiger partial charge is 0.227 e. The summed E-state index contributed by atoms with van der Waals surface area (Å²) in [6.45, 7) is 5.10. The first kappa shape index (κ1) is 20.8. The summed E-state index contributed by atoms with van der Waals surface area (Å²) in [7, 11) is 5.99. The predicted molar refractivity (Wildman–Crippen MR) is 112 cm³/mol. The molecule has 5 heteroatoms. The van der Waals surface area contributed by atoms with Crippen molar-refractivity contribution in [2.24, 2.45) is 10.8 Å². The third-order valence-electron chi connectivity index (χ3n) is 7.14. The van der Waals surface area contributed by atoms with Crippen LogP contribution in [0, 0.1) is 10.8 Å². The Bertz CT molecular complexity index is 719. The van der Waals surface area contributed by atoms with E-state index in [1.807, 2.05) is 18.7 Å². The van der Waals surface area contributed by atoms with Crippen molar-refractivity contribution < 1.29 is 9.59 Å². The number of amides is 2. The lowest BCUT2D eigenvalue weighted by atomic mass is 9.64. The van der Waals surface area contributed by atoms with Gasteiger partial charge in [-0.05, 0) is 64.6 Å². The Labute approximate surface area is 169 Å². The van der Waals surface area contributed by atoms with Crippen LogP contribution in [0.25, 0.3) is 0 Å². The fourth-order valence-electron chi connectivity index (χ4n) is 5.28. The van der Waals surface area contributed by atoms with E-state index in [1.54, 1.807) is 7.05 Å². The first-order valence-corrected chi connectivity index (χ1v) is 10.4. The van der Waals surface area contributed by atoms with Gasteiger partial charge in [0.15, 0.2) is 0 Å². The van der Waals surface area contributed by atoms with Gasteiger partial charge in [0.05, 0.1) is 5.41 Å². The van der Waals surface area contributed by atoms with Crippen molar-refractivity contribution >= 4 is 11.8 Å². The van der Waals surface area contributed by atoms with Crippen LogP contribution in [-0.4, -0.2) is 55.8 Å². The molecule has 5 nitrogen and oxygen atoms in total. The van der Waals surface area contributed by atoms with Gasteiger partial charge in [-0.15, -0.1) is 0 Å². The number of likely N-dealkylation sites (tertiary alicyclic amines) is 1. The molecule has 0 atom stereocenters. The Balaban J connectivity index is 1.73. The minimum atomic E-state index is -0.567. The molecule has 1 heterocycles. The van der Waals surface area contributed by atoms with Gasteiger partial charge in [-0.25, -0.2) is 0 Å². The molecule has 28 heavy (non-hydrogen) atoms. The van der Waals surface area contributed by atoms with Crippen molar-refractivity contribution in [1.29, 1.82) is 0 Å². The van der Waals surface area contributed by atoms with Crippen molar-refractivity contribution in [3.05, 3.63) is 35.9 Å². The zero-order chi connectivity index (χ0) is 20.6. The second-order valence-corrected chi connectivity index (χ2v) is 9.68. The van der Waals surface area contributed by atoms with Crippen LogP contribution in [0.4, 0.5) is 0 Å². The molecule has 1 aliphatic carbocycles. The van der Waals surface area contributed by atoms with Gasteiger partial charge >= 0.3 is 0 Å². The average molecular weight is 386 g/mol. The Hall–Kier alpha value is -1.88. The van der Waals surface area contributed by atoms with Crippen LogP contribution in [0.2, 0.25) is 0 Å². The fourth-order valence-corrected chi connectivity index (χ4v) is 5.28. The van der Waals surface area contributed by atoms with Crippen molar-refractivity contribution in [3.63, 3.8) is 0 Å². The second-order valence-electron chi connectivity index (χ2n) is 9.68. The van der Waals surface area contributed by atoms with Crippen LogP contribution in [0.5, 0.6) is 0 Å². The Morgan fingerprint density at radius 3 is 2.29 bits per heavy atom. The number of nitrogens with one attached hydrogen (secondary N) is 1. The first-order valence-electron chi connectivity index (χ1n) is 10.4. The molecule has 1 N–H and O–H groups in total. The summed E-state index contributed by atoms with van der Waals surface area (Å²) in [5.74, 6) is 0.189. The lowest BCUT2D eigenvalue weighted by Crippen LogP contribution is -2.48. The van der Waals surface area contributed by atoms with E-state index in [2.05, 4.69) is 54.6 Å². The van der Waals surface area contributed by atoms with Gasteiger partial charge in [-0.3, -0.25) is 14.5 Å². The molecule has 154 valence electrons. The lowest BCUT2D eigenvalue weighted by Gasteiger charge is -2.49. The van der Waals surface area contributed by atoms with E-state index >= 15 is 0 Å². The van der Waals surface area contributed by atoms with E-state index < -0.39 is 5.41 Å². The van der Waals surface area contributed by atoms with Crippen molar-refractivity contribution in [2.75, 3.05) is 34.2 Å². The summed E-state index contributed by atoms with van der Waals surface area (Å²) in [6, 6.07) is 10.8. The molecule has 1 aromatic rings. The van der Waals surface area contributed by atoms with E-state index in [4.69, 9.17) is 0 Å². The SMILES string of the molecule is CNC(=O)C(C)(C)CN1CC2(CCC(c3ccccc3)(N(C)C)CC2)CC1=O. The van der Waals surface area contributed by atoms with Gasteiger partial charge < -0.3 is 10.2 Å². The Morgan fingerprint density at radius 2 is 1.75 bits per heavy atom. The molecule has 1 saturated carbocycles. The van der Waals surface area contributed by atoms with E-state index in [9.17, 15) is 9.59 Å². The zero-order valence-corrected chi connectivity index (χ0v) is 18.0. The Morgan fingerprint density at radius 1 is 1.14 bits per heavy atom. The van der Waals surface area contributed by atoms with Crippen LogP contribution in [0.15, 0.2) is 30.3 Å². The maximum Gasteiger partial charge on any atom is 0.227 e. The minimum Gasteiger partial charge on any atom is -0.359 e. The molecule has 0 aromatic heterocycles. The van der Waals surface area contributed by atoms with E-state index in [0.29, 0.717) is 13.0 Å². The second kappa shape index (κ2) is 7.51. The number of benzene rings is 1. The molecule has 2 amide bonds. The number of carbonyl (C=O) groups is 2. The van der Waals surface area contributed by atoms with Crippen LogP contribution in [-0.2, 0) is 15.1 Å². The highest BCUT2D eigenvalue weighted by atomic mass is 16.2. The zero-order valence-electron chi connectivity index (χ0n) is 18.0. The van der Waals surface area contributed by atoms with Crippen molar-refractivity contribution in [2.45, 2.75) is 51.5 Å². The highest BCUT2D eigenvalue weighted by molar-refractivity contribution is 5.84. The van der Waals surface area contributed by atoms with Gasteiger partial charge in [0.2, 0.25) is 11.8 Å². The number of hydrogen-bond donors (Lipinski definition) is 1. The largest absolute Gasteiger partial charge is 0.359 e. The van der Waals surface area contributed by atoms with E-state index in [-0.39, 0.29) is 22.8 Å². The quantitative estimate of drug-likeness (QED) is 0.848. The number of hydrogen-bond acceptors (Lipinski definition) is 3. The van der Waals surface area contributed by atoms with Gasteiger partial charge in [0.25, 0.3) is 0 Å². The molecular weight excluding hydrogens is 350 g/mol.